The van der Waals surface area contributed by atoms with Gasteiger partial charge >= 0.3 is 0 Å². The molecule has 3 aromatic rings. The number of amides is 1. The second kappa shape index (κ2) is 6.61. The zero-order valence-corrected chi connectivity index (χ0v) is 15.0. The molecule has 6 heteroatoms. The first-order valence-electron chi connectivity index (χ1n) is 8.69. The number of hydrogen-bond donors (Lipinski definition) is 1. The van der Waals surface area contributed by atoms with Gasteiger partial charge in [0.05, 0.1) is 11.8 Å². The van der Waals surface area contributed by atoms with Gasteiger partial charge in [0, 0.05) is 35.9 Å². The maximum absolute atomic E-state index is 12.7. The molecular formula is C19H21N3O2S. The Morgan fingerprint density at radius 2 is 2.08 bits per heavy atom. The maximum atomic E-state index is 12.7. The van der Waals surface area contributed by atoms with E-state index in [9.17, 15) is 9.90 Å². The van der Waals surface area contributed by atoms with Gasteiger partial charge in [0.15, 0.2) is 0 Å². The van der Waals surface area contributed by atoms with Crippen LogP contribution >= 0.6 is 11.3 Å². The molecule has 0 radical (unpaired) electrons. The lowest BCUT2D eigenvalue weighted by molar-refractivity contribution is 0.0542. The summed E-state index contributed by atoms with van der Waals surface area (Å²) in [6, 6.07) is 10.4. The highest BCUT2D eigenvalue weighted by Gasteiger charge is 2.24. The van der Waals surface area contributed by atoms with Crippen LogP contribution in [0.4, 0.5) is 0 Å². The number of piperidine rings is 1. The summed E-state index contributed by atoms with van der Waals surface area (Å²) < 4.78 is 2.24. The lowest BCUT2D eigenvalue weighted by Gasteiger charge is -2.28. The van der Waals surface area contributed by atoms with E-state index in [0.717, 1.165) is 17.2 Å². The summed E-state index contributed by atoms with van der Waals surface area (Å²) in [5.74, 6) is -0.0337. The summed E-state index contributed by atoms with van der Waals surface area (Å²) in [6.07, 6.45) is 1.01. The van der Waals surface area contributed by atoms with Crippen molar-refractivity contribution < 1.29 is 9.90 Å². The molecular weight excluding hydrogens is 334 g/mol. The number of rotatable bonds is 3. The van der Waals surface area contributed by atoms with Crippen LogP contribution in [0.3, 0.4) is 0 Å². The third-order valence-corrected chi connectivity index (χ3v) is 5.69. The molecule has 5 nitrogen and oxygen atoms in total. The Balaban J connectivity index is 1.64. The minimum Gasteiger partial charge on any atom is -0.393 e. The molecule has 25 heavy (non-hydrogen) atoms. The Hall–Kier alpha value is -2.18. The maximum Gasteiger partial charge on any atom is 0.273 e. The summed E-state index contributed by atoms with van der Waals surface area (Å²) in [5, 5.41) is 13.5. The lowest BCUT2D eigenvalue weighted by atomic mass is 10.1. The smallest absolute Gasteiger partial charge is 0.273 e. The van der Waals surface area contributed by atoms with Crippen LogP contribution < -0.4 is 0 Å². The van der Waals surface area contributed by atoms with Gasteiger partial charge in [0.2, 0.25) is 0 Å². The molecule has 0 saturated carbocycles. The van der Waals surface area contributed by atoms with E-state index in [0.29, 0.717) is 31.6 Å². The SMILES string of the molecule is CCn1c(-c2nc(C(=O)N3CCC(O)CC3)cs2)cc2ccccc21. The number of nitrogens with zero attached hydrogens (tertiary/aromatic N) is 3. The molecule has 1 aliphatic rings. The number of thiazole rings is 1. The van der Waals surface area contributed by atoms with E-state index in [1.807, 2.05) is 17.5 Å². The Morgan fingerprint density at radius 3 is 2.84 bits per heavy atom. The van der Waals surface area contributed by atoms with Crippen LogP contribution in [0.25, 0.3) is 21.6 Å². The number of carbonyl (C=O) groups excluding carboxylic acids is 1. The van der Waals surface area contributed by atoms with Crippen molar-refractivity contribution in [1.29, 1.82) is 0 Å². The molecule has 1 N–H and O–H groups in total. The first-order valence-corrected chi connectivity index (χ1v) is 9.57. The molecule has 0 spiro atoms. The highest BCUT2D eigenvalue weighted by atomic mass is 32.1. The van der Waals surface area contributed by atoms with E-state index in [-0.39, 0.29) is 12.0 Å². The fraction of sp³-hybridized carbons (Fsp3) is 0.368. The molecule has 3 heterocycles. The molecule has 0 unspecified atom stereocenters. The molecule has 0 bridgehead atoms. The van der Waals surface area contributed by atoms with E-state index in [1.165, 1.54) is 22.2 Å². The van der Waals surface area contributed by atoms with Gasteiger partial charge in [-0.25, -0.2) is 4.98 Å². The third kappa shape index (κ3) is 2.96. The van der Waals surface area contributed by atoms with Gasteiger partial charge in [-0.2, -0.15) is 0 Å². The lowest BCUT2D eigenvalue weighted by Crippen LogP contribution is -2.40. The molecule has 130 valence electrons. The monoisotopic (exact) mass is 355 g/mol. The van der Waals surface area contributed by atoms with E-state index >= 15 is 0 Å². The normalized spacial score (nSPS) is 15.8. The molecule has 0 atom stereocenters. The van der Waals surface area contributed by atoms with E-state index < -0.39 is 0 Å². The Bertz CT molecular complexity index is 906. The number of aromatic nitrogens is 2. The largest absolute Gasteiger partial charge is 0.393 e. The van der Waals surface area contributed by atoms with E-state index in [2.05, 4.69) is 34.7 Å². The van der Waals surface area contributed by atoms with Crippen molar-refractivity contribution in [3.8, 4) is 10.7 Å². The summed E-state index contributed by atoms with van der Waals surface area (Å²) in [4.78, 5) is 19.1. The number of hydrogen-bond acceptors (Lipinski definition) is 4. The predicted octanol–water partition coefficient (Wildman–Crippen LogP) is 3.38. The first-order chi connectivity index (χ1) is 12.2. The van der Waals surface area contributed by atoms with Gasteiger partial charge in [0.25, 0.3) is 5.91 Å². The highest BCUT2D eigenvalue weighted by molar-refractivity contribution is 7.13. The summed E-state index contributed by atoms with van der Waals surface area (Å²) in [7, 11) is 0. The van der Waals surface area contributed by atoms with Crippen molar-refractivity contribution in [2.75, 3.05) is 13.1 Å². The third-order valence-electron chi connectivity index (χ3n) is 4.82. The molecule has 1 fully saturated rings. The van der Waals surface area contributed by atoms with Gasteiger partial charge in [-0.15, -0.1) is 11.3 Å². The zero-order valence-electron chi connectivity index (χ0n) is 14.2. The quantitative estimate of drug-likeness (QED) is 0.783. The highest BCUT2D eigenvalue weighted by Crippen LogP contribution is 2.31. The van der Waals surface area contributed by atoms with Crippen LogP contribution in [-0.2, 0) is 6.54 Å². The number of aryl methyl sites for hydroxylation is 1. The number of benzene rings is 1. The minimum atomic E-state index is -0.282. The van der Waals surface area contributed by atoms with Crippen molar-refractivity contribution in [1.82, 2.24) is 14.5 Å². The molecule has 1 amide bonds. The minimum absolute atomic E-state index is 0.0337. The van der Waals surface area contributed by atoms with E-state index in [1.54, 1.807) is 4.90 Å². The second-order valence-electron chi connectivity index (χ2n) is 6.39. The van der Waals surface area contributed by atoms with Gasteiger partial charge in [0.1, 0.15) is 10.7 Å². The number of likely N-dealkylation sites (tertiary alicyclic amines) is 1. The molecule has 0 aliphatic carbocycles. The van der Waals surface area contributed by atoms with Crippen LogP contribution in [0.2, 0.25) is 0 Å². The van der Waals surface area contributed by atoms with Gasteiger partial charge in [-0.3, -0.25) is 4.79 Å². The topological polar surface area (TPSA) is 58.4 Å². The molecule has 4 rings (SSSR count). The first kappa shape index (κ1) is 16.3. The van der Waals surface area contributed by atoms with Crippen LogP contribution in [-0.4, -0.2) is 44.7 Å². The Labute approximate surface area is 150 Å². The predicted molar refractivity (Wildman–Crippen MR) is 99.9 cm³/mol. The second-order valence-corrected chi connectivity index (χ2v) is 7.25. The average Bonchev–Trinajstić information content (AvgIpc) is 3.26. The number of carbonyl (C=O) groups is 1. The number of para-hydroxylation sites is 1. The summed E-state index contributed by atoms with van der Waals surface area (Å²) in [5.41, 5.74) is 2.75. The van der Waals surface area contributed by atoms with Crippen molar-refractivity contribution in [3.05, 3.63) is 41.4 Å². The standard InChI is InChI=1S/C19H21N3O2S/c1-2-22-16-6-4-3-5-13(16)11-17(22)18-20-15(12-25-18)19(24)21-9-7-14(23)8-10-21/h3-6,11-12,14,23H,2,7-10H2,1H3. The molecule has 2 aromatic heterocycles. The average molecular weight is 355 g/mol. The van der Waals surface area contributed by atoms with Crippen molar-refractivity contribution >= 4 is 28.1 Å². The Kier molecular flexibility index (Phi) is 4.31. The molecule has 1 aromatic carbocycles. The van der Waals surface area contributed by atoms with Crippen molar-refractivity contribution in [2.24, 2.45) is 0 Å². The van der Waals surface area contributed by atoms with Gasteiger partial charge in [-0.1, -0.05) is 18.2 Å². The van der Waals surface area contributed by atoms with Gasteiger partial charge < -0.3 is 14.6 Å². The number of aliphatic hydroxyl groups excluding tert-OH is 1. The number of aliphatic hydroxyl groups is 1. The van der Waals surface area contributed by atoms with Crippen molar-refractivity contribution in [3.63, 3.8) is 0 Å². The van der Waals surface area contributed by atoms with Gasteiger partial charge in [-0.05, 0) is 31.9 Å². The van der Waals surface area contributed by atoms with Crippen LogP contribution in [0.15, 0.2) is 35.7 Å². The van der Waals surface area contributed by atoms with Crippen LogP contribution in [0, 0.1) is 0 Å². The molecule has 1 saturated heterocycles. The van der Waals surface area contributed by atoms with Crippen LogP contribution in [0.5, 0.6) is 0 Å². The fourth-order valence-electron chi connectivity index (χ4n) is 3.45. The summed E-state index contributed by atoms with van der Waals surface area (Å²) >= 11 is 1.51. The molecule has 1 aliphatic heterocycles. The summed E-state index contributed by atoms with van der Waals surface area (Å²) in [6.45, 7) is 4.18. The van der Waals surface area contributed by atoms with Crippen LogP contribution in [0.1, 0.15) is 30.3 Å². The zero-order chi connectivity index (χ0) is 17.4. The fourth-order valence-corrected chi connectivity index (χ4v) is 4.27. The van der Waals surface area contributed by atoms with E-state index in [4.69, 9.17) is 0 Å². The Morgan fingerprint density at radius 1 is 1.32 bits per heavy atom. The number of fused-ring (bicyclic) bond motifs is 1. The van der Waals surface area contributed by atoms with Crippen molar-refractivity contribution in [2.45, 2.75) is 32.4 Å².